The normalized spacial score (nSPS) is 10.9. The maximum Gasteiger partial charge on any atom is 0.319 e. The van der Waals surface area contributed by atoms with Gasteiger partial charge in [0, 0.05) is 12.3 Å². The zero-order valence-corrected chi connectivity index (χ0v) is 8.57. The van der Waals surface area contributed by atoms with E-state index in [4.69, 9.17) is 16.2 Å². The van der Waals surface area contributed by atoms with Crippen molar-refractivity contribution in [3.63, 3.8) is 0 Å². The van der Waals surface area contributed by atoms with Gasteiger partial charge in [-0.15, -0.1) is 11.8 Å². The van der Waals surface area contributed by atoms with Gasteiger partial charge in [-0.2, -0.15) is 0 Å². The molecule has 0 aliphatic rings. The van der Waals surface area contributed by atoms with Gasteiger partial charge in [-0.1, -0.05) is 0 Å². The highest BCUT2D eigenvalue weighted by atomic mass is 32.2. The fourth-order valence-corrected chi connectivity index (χ4v) is 1.39. The Morgan fingerprint density at radius 1 is 1.69 bits per heavy atom. The lowest BCUT2D eigenvalue weighted by atomic mass is 10.2. The fourth-order valence-electron chi connectivity index (χ4n) is 0.554. The van der Waals surface area contributed by atoms with E-state index in [1.807, 2.05) is 0 Å². The molecule has 0 aliphatic heterocycles. The molecule has 0 aromatic carbocycles. The molecule has 13 heavy (non-hydrogen) atoms. The molecule has 0 aromatic rings. The number of nitrogens with two attached hydrogens (primary N) is 1. The minimum atomic E-state index is -0.833. The van der Waals surface area contributed by atoms with E-state index in [0.29, 0.717) is 12.3 Å². The number of carboxylic acids is 1. The van der Waals surface area contributed by atoms with Crippen LogP contribution in [0.25, 0.3) is 0 Å². The Hall–Kier alpha value is -0.910. The van der Waals surface area contributed by atoms with Crippen LogP contribution in [0.4, 0.5) is 0 Å². The summed E-state index contributed by atoms with van der Waals surface area (Å²) in [6.45, 7) is 3.80. The number of nitrogens with one attached hydrogen (secondary N) is 2. The number of hydrogen-bond acceptors (Lipinski definition) is 3. The van der Waals surface area contributed by atoms with Crippen LogP contribution in [-0.2, 0) is 4.79 Å². The minimum Gasteiger partial charge on any atom is -0.480 e. The Labute approximate surface area is 81.6 Å². The van der Waals surface area contributed by atoms with Crippen LogP contribution in [-0.4, -0.2) is 34.1 Å². The summed E-state index contributed by atoms with van der Waals surface area (Å²) < 4.78 is -0.779. The Kier molecular flexibility index (Phi) is 4.61. The highest BCUT2D eigenvalue weighted by Gasteiger charge is 2.26. The molecule has 0 bridgehead atoms. The summed E-state index contributed by atoms with van der Waals surface area (Å²) in [5.41, 5.74) is 5.05. The van der Waals surface area contributed by atoms with Crippen molar-refractivity contribution in [2.75, 3.05) is 12.3 Å². The van der Waals surface area contributed by atoms with Crippen molar-refractivity contribution in [3.8, 4) is 0 Å². The lowest BCUT2D eigenvalue weighted by molar-refractivity contribution is -0.138. The van der Waals surface area contributed by atoms with Crippen LogP contribution < -0.4 is 11.1 Å². The van der Waals surface area contributed by atoms with Gasteiger partial charge < -0.3 is 16.2 Å². The van der Waals surface area contributed by atoms with Gasteiger partial charge in [0.05, 0.1) is 0 Å². The van der Waals surface area contributed by atoms with E-state index in [-0.39, 0.29) is 5.96 Å². The molecule has 0 atom stereocenters. The molecule has 5 nitrogen and oxygen atoms in total. The van der Waals surface area contributed by atoms with E-state index in [0.717, 1.165) is 0 Å². The first kappa shape index (κ1) is 12.1. The molecule has 0 fully saturated rings. The maximum atomic E-state index is 10.6. The van der Waals surface area contributed by atoms with Crippen molar-refractivity contribution >= 4 is 23.7 Å². The van der Waals surface area contributed by atoms with Crippen LogP contribution in [0.5, 0.6) is 0 Å². The first-order valence-electron chi connectivity index (χ1n) is 3.81. The SMILES string of the molecule is CC(C)(SCCNC(=N)N)C(=O)O. The lowest BCUT2D eigenvalue weighted by Crippen LogP contribution is -2.34. The maximum absolute atomic E-state index is 10.6. The number of thioether (sulfide) groups is 1. The van der Waals surface area contributed by atoms with Gasteiger partial charge in [0.2, 0.25) is 0 Å². The zero-order chi connectivity index (χ0) is 10.5. The Balaban J connectivity index is 3.64. The quantitative estimate of drug-likeness (QED) is 0.289. The molecule has 0 aliphatic carbocycles. The van der Waals surface area contributed by atoms with Crippen LogP contribution >= 0.6 is 11.8 Å². The molecular weight excluding hydrogens is 190 g/mol. The van der Waals surface area contributed by atoms with Crippen molar-refractivity contribution in [3.05, 3.63) is 0 Å². The summed E-state index contributed by atoms with van der Waals surface area (Å²) >= 11 is 1.31. The standard InChI is InChI=1S/C7H15N3O2S/c1-7(2,5(11)12)13-4-3-10-6(8)9/h3-4H2,1-2H3,(H,11,12)(H4,8,9,10). The minimum absolute atomic E-state index is 0.0891. The van der Waals surface area contributed by atoms with Crippen molar-refractivity contribution in [1.82, 2.24) is 5.32 Å². The molecule has 0 heterocycles. The summed E-state index contributed by atoms with van der Waals surface area (Å²) in [5.74, 6) is -0.312. The highest BCUT2D eigenvalue weighted by molar-refractivity contribution is 8.01. The molecule has 5 N–H and O–H groups in total. The van der Waals surface area contributed by atoms with E-state index in [1.165, 1.54) is 11.8 Å². The van der Waals surface area contributed by atoms with Crippen LogP contribution in [0.3, 0.4) is 0 Å². The van der Waals surface area contributed by atoms with Gasteiger partial charge in [-0.25, -0.2) is 0 Å². The van der Waals surface area contributed by atoms with Crippen LogP contribution in [0, 0.1) is 5.41 Å². The Morgan fingerprint density at radius 2 is 2.23 bits per heavy atom. The van der Waals surface area contributed by atoms with Crippen molar-refractivity contribution in [1.29, 1.82) is 5.41 Å². The molecule has 6 heteroatoms. The molecule has 76 valence electrons. The topological polar surface area (TPSA) is 99.2 Å². The summed E-state index contributed by atoms with van der Waals surface area (Å²) in [6, 6.07) is 0. The van der Waals surface area contributed by atoms with E-state index < -0.39 is 10.7 Å². The summed E-state index contributed by atoms with van der Waals surface area (Å²) in [7, 11) is 0. The zero-order valence-electron chi connectivity index (χ0n) is 7.76. The van der Waals surface area contributed by atoms with Gasteiger partial charge in [-0.3, -0.25) is 10.2 Å². The average Bonchev–Trinajstić information content (AvgIpc) is 1.97. The summed E-state index contributed by atoms with van der Waals surface area (Å²) in [4.78, 5) is 10.6. The van der Waals surface area contributed by atoms with Gasteiger partial charge in [0.1, 0.15) is 4.75 Å². The molecule has 0 radical (unpaired) electrons. The fraction of sp³-hybridized carbons (Fsp3) is 0.714. The van der Waals surface area contributed by atoms with E-state index in [9.17, 15) is 4.79 Å². The average molecular weight is 205 g/mol. The first-order valence-corrected chi connectivity index (χ1v) is 4.80. The van der Waals surface area contributed by atoms with Crippen molar-refractivity contribution < 1.29 is 9.90 Å². The number of guanidine groups is 1. The molecule has 0 spiro atoms. The third-order valence-electron chi connectivity index (χ3n) is 1.40. The molecular formula is C7H15N3O2S. The van der Waals surface area contributed by atoms with Crippen LogP contribution in [0.15, 0.2) is 0 Å². The molecule has 0 saturated heterocycles. The predicted molar refractivity (Wildman–Crippen MR) is 54.1 cm³/mol. The van der Waals surface area contributed by atoms with Crippen molar-refractivity contribution in [2.45, 2.75) is 18.6 Å². The molecule has 0 amide bonds. The Morgan fingerprint density at radius 3 is 2.62 bits per heavy atom. The summed E-state index contributed by atoms with van der Waals surface area (Å²) in [6.07, 6.45) is 0. The van der Waals surface area contributed by atoms with Gasteiger partial charge >= 0.3 is 5.97 Å². The monoisotopic (exact) mass is 205 g/mol. The van der Waals surface area contributed by atoms with Crippen LogP contribution in [0.2, 0.25) is 0 Å². The highest BCUT2D eigenvalue weighted by Crippen LogP contribution is 2.23. The van der Waals surface area contributed by atoms with Crippen LogP contribution in [0.1, 0.15) is 13.8 Å². The Bertz CT molecular complexity index is 206. The second-order valence-electron chi connectivity index (χ2n) is 3.00. The first-order chi connectivity index (χ1) is 5.86. The number of carbonyl (C=O) groups is 1. The second kappa shape index (κ2) is 4.96. The van der Waals surface area contributed by atoms with Gasteiger partial charge in [-0.05, 0) is 13.8 Å². The molecule has 0 rings (SSSR count). The molecule has 0 aromatic heterocycles. The largest absolute Gasteiger partial charge is 0.480 e. The molecule has 0 unspecified atom stereocenters. The van der Waals surface area contributed by atoms with Crippen molar-refractivity contribution in [2.24, 2.45) is 5.73 Å². The third kappa shape index (κ3) is 5.35. The number of rotatable bonds is 5. The number of hydrogen-bond donors (Lipinski definition) is 4. The second-order valence-corrected chi connectivity index (χ2v) is 4.72. The predicted octanol–water partition coefficient (Wildman–Crippen LogP) is 0.0659. The molecule has 0 saturated carbocycles. The smallest absolute Gasteiger partial charge is 0.319 e. The van der Waals surface area contributed by atoms with E-state index in [1.54, 1.807) is 13.8 Å². The van der Waals surface area contributed by atoms with Gasteiger partial charge in [0.25, 0.3) is 0 Å². The van der Waals surface area contributed by atoms with E-state index in [2.05, 4.69) is 5.32 Å². The number of carboxylic acid groups (broad SMARTS) is 1. The summed E-state index contributed by atoms with van der Waals surface area (Å²) in [5, 5.41) is 18.2. The van der Waals surface area contributed by atoms with E-state index >= 15 is 0 Å². The third-order valence-corrected chi connectivity index (χ3v) is 2.70. The lowest BCUT2D eigenvalue weighted by Gasteiger charge is -2.18. The van der Waals surface area contributed by atoms with Gasteiger partial charge in [0.15, 0.2) is 5.96 Å². The number of aliphatic carboxylic acids is 1.